The molecule has 0 fully saturated rings. The molecule has 6 nitrogen and oxygen atoms in total. The van der Waals surface area contributed by atoms with Crippen LogP contribution in [0.4, 0.5) is 0 Å². The van der Waals surface area contributed by atoms with Crippen molar-refractivity contribution in [1.29, 1.82) is 0 Å². The van der Waals surface area contributed by atoms with E-state index >= 15 is 0 Å². The lowest BCUT2D eigenvalue weighted by Gasteiger charge is -2.13. The maximum Gasteiger partial charge on any atom is 0.0737 e. The molecule has 2 aliphatic heterocycles. The van der Waals surface area contributed by atoms with Gasteiger partial charge in [-0.15, -0.1) is 0 Å². The van der Waals surface area contributed by atoms with Crippen molar-refractivity contribution in [1.82, 2.24) is 29.9 Å². The molecule has 262 valence electrons. The first-order valence-corrected chi connectivity index (χ1v) is 18.4. The van der Waals surface area contributed by atoms with Crippen LogP contribution in [0.1, 0.15) is 56.2 Å². The van der Waals surface area contributed by atoms with Gasteiger partial charge in [-0.25, -0.2) is 9.97 Å². The summed E-state index contributed by atoms with van der Waals surface area (Å²) >= 11 is 0. The number of aromatic amines is 2. The van der Waals surface area contributed by atoms with Crippen molar-refractivity contribution in [2.45, 2.75) is 41.5 Å². The Balaban J connectivity index is 1.51. The Labute approximate surface area is 315 Å². The van der Waals surface area contributed by atoms with Crippen molar-refractivity contribution in [3.05, 3.63) is 154 Å². The highest BCUT2D eigenvalue weighted by atomic mass is 14.8. The largest absolute Gasteiger partial charge is 0.354 e. The summed E-state index contributed by atoms with van der Waals surface area (Å²) in [6.07, 6.45) is 16.0. The van der Waals surface area contributed by atoms with Gasteiger partial charge < -0.3 is 9.97 Å². The number of aromatic nitrogens is 6. The normalized spacial score (nSPS) is 12.1. The number of aryl methyl sites for hydroxylation is 6. The number of hydrogen-bond acceptors (Lipinski definition) is 4. The zero-order valence-electron chi connectivity index (χ0n) is 31.3. The molecule has 7 heterocycles. The second kappa shape index (κ2) is 13.1. The summed E-state index contributed by atoms with van der Waals surface area (Å²) in [7, 11) is 0. The summed E-state index contributed by atoms with van der Waals surface area (Å²) < 4.78 is 0. The molecular weight excluding hydrogens is 661 g/mol. The third-order valence-electron chi connectivity index (χ3n) is 10.5. The van der Waals surface area contributed by atoms with Gasteiger partial charge in [0.15, 0.2) is 0 Å². The molecular formula is C48H40N6. The highest BCUT2D eigenvalue weighted by Gasteiger charge is 2.21. The van der Waals surface area contributed by atoms with Crippen LogP contribution in [0.15, 0.2) is 97.6 Å². The van der Waals surface area contributed by atoms with E-state index in [0.717, 1.165) is 78.2 Å². The summed E-state index contributed by atoms with van der Waals surface area (Å²) in [6.45, 7) is 13.1. The third kappa shape index (κ3) is 5.67. The molecule has 54 heavy (non-hydrogen) atoms. The molecule has 0 saturated carbocycles. The van der Waals surface area contributed by atoms with Crippen molar-refractivity contribution >= 4 is 46.4 Å². The van der Waals surface area contributed by atoms with Crippen molar-refractivity contribution in [3.63, 3.8) is 0 Å². The van der Waals surface area contributed by atoms with Gasteiger partial charge in [0.25, 0.3) is 0 Å². The monoisotopic (exact) mass is 700 g/mol. The van der Waals surface area contributed by atoms with Crippen LogP contribution in [0.5, 0.6) is 0 Å². The molecule has 0 aliphatic carbocycles. The predicted octanol–water partition coefficient (Wildman–Crippen LogP) is 12.0. The number of H-pyrrole nitrogens is 2. The standard InChI is InChI=1S/C48H40N6/c1-27-23-29(3)43(30(4)24-27)47-39-11-7-35(51-39)45(33-15-19-49-20-16-33)37-9-13-41(53-37)48(44-31(5)25-28(2)26-32(44)6)42-14-10-38(54-42)46(34-17-21-50-22-18-34)36-8-12-40(47)52-36/h7-26,51,54H,1-6H3. The van der Waals surface area contributed by atoms with Gasteiger partial charge >= 0.3 is 0 Å². The summed E-state index contributed by atoms with van der Waals surface area (Å²) in [4.78, 5) is 27.4. The molecule has 8 bridgehead atoms. The van der Waals surface area contributed by atoms with Gasteiger partial charge in [0.2, 0.25) is 0 Å². The van der Waals surface area contributed by atoms with Gasteiger partial charge in [-0.1, -0.05) is 35.4 Å². The molecule has 2 aromatic carbocycles. The maximum atomic E-state index is 5.46. The van der Waals surface area contributed by atoms with E-state index in [2.05, 4.69) is 159 Å². The second-order valence-electron chi connectivity index (χ2n) is 14.5. The minimum absolute atomic E-state index is 0.880. The molecule has 0 saturated heterocycles. The van der Waals surface area contributed by atoms with E-state index in [1.807, 2.05) is 24.8 Å². The van der Waals surface area contributed by atoms with E-state index < -0.39 is 0 Å². The summed E-state index contributed by atoms with van der Waals surface area (Å²) in [6, 6.07) is 26.0. The van der Waals surface area contributed by atoms with Crippen molar-refractivity contribution in [2.75, 3.05) is 0 Å². The fourth-order valence-electron chi connectivity index (χ4n) is 8.52. The van der Waals surface area contributed by atoms with E-state index in [-0.39, 0.29) is 0 Å². The van der Waals surface area contributed by atoms with Gasteiger partial charge in [-0.3, -0.25) is 9.97 Å². The quantitative estimate of drug-likeness (QED) is 0.191. The Morgan fingerprint density at radius 3 is 0.981 bits per heavy atom. The summed E-state index contributed by atoms with van der Waals surface area (Å²) in [5.41, 5.74) is 23.3. The molecule has 2 aliphatic rings. The van der Waals surface area contributed by atoms with Crippen LogP contribution in [0.3, 0.4) is 0 Å². The first-order chi connectivity index (χ1) is 26.2. The zero-order chi connectivity index (χ0) is 37.1. The predicted molar refractivity (Wildman–Crippen MR) is 225 cm³/mol. The highest BCUT2D eigenvalue weighted by Crippen LogP contribution is 2.41. The molecule has 5 aromatic heterocycles. The average molecular weight is 701 g/mol. The molecule has 9 rings (SSSR count). The van der Waals surface area contributed by atoms with Crippen molar-refractivity contribution in [2.24, 2.45) is 0 Å². The fraction of sp³-hybridized carbons (Fsp3) is 0.125. The van der Waals surface area contributed by atoms with E-state index in [1.165, 1.54) is 44.5 Å². The van der Waals surface area contributed by atoms with Crippen LogP contribution in [0.25, 0.3) is 90.9 Å². The Hall–Kier alpha value is -6.66. The molecule has 2 N–H and O–H groups in total. The molecule has 0 unspecified atom stereocenters. The van der Waals surface area contributed by atoms with Crippen molar-refractivity contribution < 1.29 is 0 Å². The first-order valence-electron chi connectivity index (χ1n) is 18.4. The van der Waals surface area contributed by atoms with E-state index in [9.17, 15) is 0 Å². The number of nitrogens with zero attached hydrogens (tertiary/aromatic N) is 4. The van der Waals surface area contributed by atoms with Crippen LogP contribution in [-0.2, 0) is 0 Å². The minimum Gasteiger partial charge on any atom is -0.354 e. The average Bonchev–Trinajstić information content (AvgIpc) is 3.98. The van der Waals surface area contributed by atoms with Crippen LogP contribution in [-0.4, -0.2) is 29.9 Å². The van der Waals surface area contributed by atoms with Crippen LogP contribution < -0.4 is 0 Å². The Morgan fingerprint density at radius 2 is 0.648 bits per heavy atom. The lowest BCUT2D eigenvalue weighted by molar-refractivity contribution is 1.27. The summed E-state index contributed by atoms with van der Waals surface area (Å²) in [5.74, 6) is 0. The maximum absolute atomic E-state index is 5.46. The van der Waals surface area contributed by atoms with Gasteiger partial charge in [-0.2, -0.15) is 0 Å². The SMILES string of the molecule is Cc1cc(C)c(-c2c3nc(c(-c4ccncc4)c4ccc([nH]4)c(-c4c(C)cc(C)cc4C)c4nc(c(-c5ccncc5)c5ccc2[nH]5)C=C4)C=C3)c(C)c1. The van der Waals surface area contributed by atoms with Gasteiger partial charge in [0.1, 0.15) is 0 Å². The molecule has 6 heteroatoms. The fourth-order valence-corrected chi connectivity index (χ4v) is 8.52. The highest BCUT2D eigenvalue weighted by molar-refractivity contribution is 6.00. The number of fused-ring (bicyclic) bond motifs is 8. The van der Waals surface area contributed by atoms with Crippen LogP contribution in [0, 0.1) is 41.5 Å². The van der Waals surface area contributed by atoms with E-state index in [1.54, 1.807) is 0 Å². The Kier molecular flexibility index (Phi) is 8.04. The smallest absolute Gasteiger partial charge is 0.0737 e. The third-order valence-corrected chi connectivity index (χ3v) is 10.5. The Morgan fingerprint density at radius 1 is 0.352 bits per heavy atom. The number of rotatable bonds is 4. The van der Waals surface area contributed by atoms with Gasteiger partial charge in [-0.05, 0) is 159 Å². The van der Waals surface area contributed by atoms with E-state index in [0.29, 0.717) is 0 Å². The number of nitrogens with one attached hydrogen (secondary N) is 2. The topological polar surface area (TPSA) is 83.1 Å². The van der Waals surface area contributed by atoms with Crippen molar-refractivity contribution in [3.8, 4) is 44.5 Å². The molecule has 0 spiro atoms. The molecule has 0 radical (unpaired) electrons. The van der Waals surface area contributed by atoms with Gasteiger partial charge in [0, 0.05) is 69.1 Å². The lowest BCUT2D eigenvalue weighted by atomic mass is 9.92. The molecule has 0 atom stereocenters. The lowest BCUT2D eigenvalue weighted by Crippen LogP contribution is -1.95. The second-order valence-corrected chi connectivity index (χ2v) is 14.5. The number of hydrogen-bond donors (Lipinski definition) is 2. The van der Waals surface area contributed by atoms with E-state index in [4.69, 9.17) is 9.97 Å². The van der Waals surface area contributed by atoms with Crippen LogP contribution >= 0.6 is 0 Å². The van der Waals surface area contributed by atoms with Crippen LogP contribution in [0.2, 0.25) is 0 Å². The minimum atomic E-state index is 0.880. The molecule has 0 amide bonds. The first kappa shape index (κ1) is 33.2. The zero-order valence-corrected chi connectivity index (χ0v) is 31.3. The molecule has 7 aromatic rings. The number of pyridine rings is 2. The number of benzene rings is 2. The van der Waals surface area contributed by atoms with Gasteiger partial charge in [0.05, 0.1) is 22.8 Å². The Bertz CT molecular complexity index is 2630. The summed E-state index contributed by atoms with van der Waals surface area (Å²) in [5, 5.41) is 0.